The van der Waals surface area contributed by atoms with Crippen molar-refractivity contribution < 1.29 is 30.3 Å². The molecule has 1 rings (SSSR count). The maximum absolute atomic E-state index is 10.5. The lowest BCUT2D eigenvalue weighted by molar-refractivity contribution is -0.139. The van der Waals surface area contributed by atoms with Gasteiger partial charge in [0.15, 0.2) is 0 Å². The Morgan fingerprint density at radius 2 is 1.67 bits per heavy atom. The van der Waals surface area contributed by atoms with Gasteiger partial charge in [-0.15, -0.1) is 0 Å². The fraction of sp³-hybridized carbons (Fsp3) is 0.667. The zero-order chi connectivity index (χ0) is 11.6. The van der Waals surface area contributed by atoms with Gasteiger partial charge < -0.3 is 25.5 Å². The van der Waals surface area contributed by atoms with Crippen molar-refractivity contribution >= 4 is 5.97 Å². The SMILES string of the molecule is O=C(O)CC1C(CO)=C(CO)C(O)C1O. The van der Waals surface area contributed by atoms with Gasteiger partial charge in [0.1, 0.15) is 6.10 Å². The first-order valence-electron chi connectivity index (χ1n) is 4.54. The van der Waals surface area contributed by atoms with Crippen molar-refractivity contribution in [1.82, 2.24) is 0 Å². The lowest BCUT2D eigenvalue weighted by Crippen LogP contribution is -2.30. The van der Waals surface area contributed by atoms with Crippen molar-refractivity contribution in [3.8, 4) is 0 Å². The third-order valence-electron chi connectivity index (χ3n) is 2.69. The van der Waals surface area contributed by atoms with E-state index in [1.165, 1.54) is 0 Å². The zero-order valence-electron chi connectivity index (χ0n) is 8.00. The molecular weight excluding hydrogens is 204 g/mol. The Morgan fingerprint density at radius 3 is 2.07 bits per heavy atom. The van der Waals surface area contributed by atoms with Crippen molar-refractivity contribution in [3.63, 3.8) is 0 Å². The molecule has 0 saturated carbocycles. The molecular formula is C9H14O6. The number of carbonyl (C=O) groups is 1. The average molecular weight is 218 g/mol. The van der Waals surface area contributed by atoms with Gasteiger partial charge in [0, 0.05) is 5.92 Å². The van der Waals surface area contributed by atoms with Crippen LogP contribution in [0.4, 0.5) is 0 Å². The number of aliphatic carboxylic acids is 1. The smallest absolute Gasteiger partial charge is 0.304 e. The molecule has 3 atom stereocenters. The highest BCUT2D eigenvalue weighted by atomic mass is 16.4. The molecule has 3 unspecified atom stereocenters. The van der Waals surface area contributed by atoms with Crippen LogP contribution in [0.1, 0.15) is 6.42 Å². The summed E-state index contributed by atoms with van der Waals surface area (Å²) in [5.74, 6) is -1.96. The van der Waals surface area contributed by atoms with Crippen LogP contribution in [-0.2, 0) is 4.79 Å². The fourth-order valence-corrected chi connectivity index (χ4v) is 1.91. The highest BCUT2D eigenvalue weighted by Crippen LogP contribution is 2.34. The Balaban J connectivity index is 2.95. The van der Waals surface area contributed by atoms with Crippen LogP contribution in [0.25, 0.3) is 0 Å². The molecule has 1 aliphatic carbocycles. The second-order valence-electron chi connectivity index (χ2n) is 3.51. The maximum Gasteiger partial charge on any atom is 0.304 e. The predicted molar refractivity (Wildman–Crippen MR) is 49.0 cm³/mol. The largest absolute Gasteiger partial charge is 0.481 e. The number of carboxylic acid groups (broad SMARTS) is 1. The highest BCUT2D eigenvalue weighted by Gasteiger charge is 2.40. The van der Waals surface area contributed by atoms with Crippen molar-refractivity contribution in [2.45, 2.75) is 18.6 Å². The second-order valence-corrected chi connectivity index (χ2v) is 3.51. The molecule has 0 radical (unpaired) electrons. The lowest BCUT2D eigenvalue weighted by atomic mass is 9.95. The minimum absolute atomic E-state index is 0.122. The molecule has 0 amide bonds. The van der Waals surface area contributed by atoms with Crippen LogP contribution in [0.15, 0.2) is 11.1 Å². The minimum atomic E-state index is -1.29. The van der Waals surface area contributed by atoms with Crippen LogP contribution in [-0.4, -0.2) is 56.9 Å². The van der Waals surface area contributed by atoms with Crippen molar-refractivity contribution in [2.24, 2.45) is 5.92 Å². The number of hydrogen-bond donors (Lipinski definition) is 5. The monoisotopic (exact) mass is 218 g/mol. The molecule has 0 spiro atoms. The van der Waals surface area contributed by atoms with Gasteiger partial charge in [-0.2, -0.15) is 0 Å². The van der Waals surface area contributed by atoms with Crippen LogP contribution in [0, 0.1) is 5.92 Å². The number of aliphatic hydroxyl groups is 4. The summed E-state index contributed by atoms with van der Waals surface area (Å²) in [6.45, 7) is -0.966. The van der Waals surface area contributed by atoms with Gasteiger partial charge in [-0.3, -0.25) is 4.79 Å². The molecule has 0 aliphatic heterocycles. The third-order valence-corrected chi connectivity index (χ3v) is 2.69. The Morgan fingerprint density at radius 1 is 1.13 bits per heavy atom. The molecule has 0 aromatic rings. The van der Waals surface area contributed by atoms with Crippen LogP contribution < -0.4 is 0 Å². The van der Waals surface area contributed by atoms with E-state index in [2.05, 4.69) is 0 Å². The van der Waals surface area contributed by atoms with E-state index >= 15 is 0 Å². The summed E-state index contributed by atoms with van der Waals surface area (Å²) in [6, 6.07) is 0. The van der Waals surface area contributed by atoms with Crippen LogP contribution in [0.3, 0.4) is 0 Å². The normalized spacial score (nSPS) is 31.1. The molecule has 0 aromatic heterocycles. The van der Waals surface area contributed by atoms with E-state index in [0.29, 0.717) is 0 Å². The van der Waals surface area contributed by atoms with Crippen LogP contribution in [0.2, 0.25) is 0 Å². The Labute approximate surface area is 86.1 Å². The topological polar surface area (TPSA) is 118 Å². The highest BCUT2D eigenvalue weighted by molar-refractivity contribution is 5.68. The first-order valence-corrected chi connectivity index (χ1v) is 4.54. The molecule has 0 fully saturated rings. The van der Waals surface area contributed by atoms with E-state index in [9.17, 15) is 15.0 Å². The van der Waals surface area contributed by atoms with Gasteiger partial charge >= 0.3 is 5.97 Å². The van der Waals surface area contributed by atoms with Crippen molar-refractivity contribution in [3.05, 3.63) is 11.1 Å². The van der Waals surface area contributed by atoms with Gasteiger partial charge in [-0.05, 0) is 11.1 Å². The molecule has 0 saturated heterocycles. The molecule has 15 heavy (non-hydrogen) atoms. The molecule has 6 nitrogen and oxygen atoms in total. The van der Waals surface area contributed by atoms with E-state index in [1.54, 1.807) is 0 Å². The quantitative estimate of drug-likeness (QED) is 0.351. The van der Waals surface area contributed by atoms with Gasteiger partial charge in [0.25, 0.3) is 0 Å². The van der Waals surface area contributed by atoms with E-state index in [-0.39, 0.29) is 17.6 Å². The number of hydrogen-bond acceptors (Lipinski definition) is 5. The number of carboxylic acids is 1. The summed E-state index contributed by atoms with van der Waals surface area (Å²) in [6.07, 6.45) is -2.94. The molecule has 0 bridgehead atoms. The molecule has 86 valence electrons. The fourth-order valence-electron chi connectivity index (χ4n) is 1.91. The second kappa shape index (κ2) is 4.71. The van der Waals surface area contributed by atoms with Crippen molar-refractivity contribution in [1.29, 1.82) is 0 Å². The van der Waals surface area contributed by atoms with Gasteiger partial charge in [0.05, 0.1) is 25.7 Å². The van der Waals surface area contributed by atoms with E-state index in [4.69, 9.17) is 15.3 Å². The Hall–Kier alpha value is -0.950. The number of aliphatic hydroxyl groups excluding tert-OH is 4. The molecule has 5 N–H and O–H groups in total. The van der Waals surface area contributed by atoms with E-state index in [1.807, 2.05) is 0 Å². The molecule has 1 aliphatic rings. The van der Waals surface area contributed by atoms with E-state index in [0.717, 1.165) is 0 Å². The van der Waals surface area contributed by atoms with Crippen LogP contribution >= 0.6 is 0 Å². The summed E-state index contributed by atoms with van der Waals surface area (Å²) in [5, 5.41) is 45.5. The summed E-state index contributed by atoms with van der Waals surface area (Å²) >= 11 is 0. The number of rotatable bonds is 4. The Bertz CT molecular complexity index is 284. The zero-order valence-corrected chi connectivity index (χ0v) is 8.00. The summed E-state index contributed by atoms with van der Waals surface area (Å²) in [4.78, 5) is 10.5. The van der Waals surface area contributed by atoms with Gasteiger partial charge in [0.2, 0.25) is 0 Å². The summed E-state index contributed by atoms with van der Waals surface area (Å²) in [5.41, 5.74) is 0.344. The standard InChI is InChI=1S/C9H14O6/c10-2-5-4(1-7(12)13)8(14)9(15)6(5)3-11/h4,8-11,14-15H,1-3H2,(H,12,13). The molecule has 6 heteroatoms. The Kier molecular flexibility index (Phi) is 3.81. The van der Waals surface area contributed by atoms with E-state index < -0.39 is 37.3 Å². The minimum Gasteiger partial charge on any atom is -0.481 e. The first-order chi connectivity index (χ1) is 7.02. The third kappa shape index (κ3) is 2.18. The summed E-state index contributed by atoms with van der Waals surface area (Å²) in [7, 11) is 0. The van der Waals surface area contributed by atoms with Crippen LogP contribution in [0.5, 0.6) is 0 Å². The lowest BCUT2D eigenvalue weighted by Gasteiger charge is -2.17. The maximum atomic E-state index is 10.5. The molecule has 0 aromatic carbocycles. The van der Waals surface area contributed by atoms with Crippen molar-refractivity contribution in [2.75, 3.05) is 13.2 Å². The predicted octanol–water partition coefficient (Wildman–Crippen LogP) is -1.91. The summed E-state index contributed by atoms with van der Waals surface area (Å²) < 4.78 is 0. The molecule has 0 heterocycles. The van der Waals surface area contributed by atoms with Gasteiger partial charge in [-0.1, -0.05) is 0 Å². The average Bonchev–Trinajstić information content (AvgIpc) is 2.41. The van der Waals surface area contributed by atoms with Gasteiger partial charge in [-0.25, -0.2) is 0 Å². The first kappa shape index (κ1) is 12.1.